The van der Waals surface area contributed by atoms with Crippen LogP contribution in [0.25, 0.3) is 16.9 Å². The predicted molar refractivity (Wildman–Crippen MR) is 133 cm³/mol. The number of amides is 1. The lowest BCUT2D eigenvalue weighted by Crippen LogP contribution is -2.15. The molecule has 0 radical (unpaired) electrons. The Kier molecular flexibility index (Phi) is 6.88. The van der Waals surface area contributed by atoms with Crippen molar-refractivity contribution in [2.45, 2.75) is 10.1 Å². The molecule has 168 valence electrons. The first-order valence-electron chi connectivity index (χ1n) is 9.94. The largest absolute Gasteiger partial charge is 0.324 e. The van der Waals surface area contributed by atoms with Gasteiger partial charge in [-0.05, 0) is 30.3 Å². The molecular formula is C24H20ClN3O3S2. The fourth-order valence-corrected chi connectivity index (χ4v) is 4.83. The van der Waals surface area contributed by atoms with Crippen LogP contribution in [-0.2, 0) is 14.6 Å². The molecule has 0 aliphatic rings. The van der Waals surface area contributed by atoms with Crippen LogP contribution in [0.4, 0.5) is 5.69 Å². The number of halogens is 1. The van der Waals surface area contributed by atoms with Crippen LogP contribution >= 0.6 is 23.4 Å². The van der Waals surface area contributed by atoms with Gasteiger partial charge in [0.25, 0.3) is 0 Å². The fourth-order valence-electron chi connectivity index (χ4n) is 3.22. The van der Waals surface area contributed by atoms with Gasteiger partial charge in [-0.3, -0.25) is 9.36 Å². The van der Waals surface area contributed by atoms with Gasteiger partial charge in [0.1, 0.15) is 0 Å². The summed E-state index contributed by atoms with van der Waals surface area (Å²) < 4.78 is 25.6. The zero-order chi connectivity index (χ0) is 23.4. The molecule has 6 nitrogen and oxygen atoms in total. The second kappa shape index (κ2) is 9.82. The normalized spacial score (nSPS) is 11.3. The molecule has 0 bridgehead atoms. The van der Waals surface area contributed by atoms with E-state index in [1.807, 2.05) is 65.2 Å². The maximum absolute atomic E-state index is 12.6. The Bertz CT molecular complexity index is 1390. The number of benzene rings is 3. The first-order chi connectivity index (χ1) is 15.8. The number of anilines is 1. The highest BCUT2D eigenvalue weighted by Gasteiger charge is 2.17. The number of hydrogen-bond acceptors (Lipinski definition) is 5. The number of para-hydroxylation sites is 1. The molecule has 1 heterocycles. The molecular weight excluding hydrogens is 478 g/mol. The van der Waals surface area contributed by atoms with Crippen molar-refractivity contribution < 1.29 is 13.2 Å². The quantitative estimate of drug-likeness (QED) is 0.349. The zero-order valence-electron chi connectivity index (χ0n) is 17.6. The highest BCUT2D eigenvalue weighted by molar-refractivity contribution is 7.99. The van der Waals surface area contributed by atoms with E-state index < -0.39 is 9.84 Å². The van der Waals surface area contributed by atoms with Gasteiger partial charge < -0.3 is 5.32 Å². The number of carbonyl (C=O) groups excluding carboxylic acids is 1. The average molecular weight is 498 g/mol. The van der Waals surface area contributed by atoms with Crippen LogP contribution < -0.4 is 5.32 Å². The smallest absolute Gasteiger partial charge is 0.234 e. The second-order valence-corrected chi connectivity index (χ2v) is 10.6. The van der Waals surface area contributed by atoms with Crippen molar-refractivity contribution in [1.82, 2.24) is 9.55 Å². The molecule has 4 rings (SSSR count). The van der Waals surface area contributed by atoms with Crippen molar-refractivity contribution in [3.05, 3.63) is 90.1 Å². The molecule has 0 atom stereocenters. The lowest BCUT2D eigenvalue weighted by atomic mass is 10.1. The van der Waals surface area contributed by atoms with Gasteiger partial charge in [-0.15, -0.1) is 0 Å². The molecule has 0 saturated carbocycles. The van der Waals surface area contributed by atoms with Gasteiger partial charge in [0.05, 0.1) is 33.2 Å². The van der Waals surface area contributed by atoms with Crippen LogP contribution in [0, 0.1) is 0 Å². The van der Waals surface area contributed by atoms with Crippen molar-refractivity contribution >= 4 is 44.8 Å². The lowest BCUT2D eigenvalue weighted by Gasteiger charge is -2.12. The topological polar surface area (TPSA) is 81.1 Å². The molecule has 33 heavy (non-hydrogen) atoms. The summed E-state index contributed by atoms with van der Waals surface area (Å²) in [5.41, 5.74) is 3.10. The number of nitrogens with one attached hydrogen (secondary N) is 1. The highest BCUT2D eigenvalue weighted by atomic mass is 35.5. The standard InChI is InChI=1S/C24H20ClN3O3S2/c1-33(30,31)19-12-13-20(25)21(14-19)27-23(29)16-32-24-26-15-22(17-8-4-2-5-9-17)28(24)18-10-6-3-7-11-18/h2-15H,16H2,1H3,(H,27,29). The van der Waals surface area contributed by atoms with Crippen molar-refractivity contribution in [3.8, 4) is 16.9 Å². The number of rotatable bonds is 7. The minimum Gasteiger partial charge on any atom is -0.324 e. The van der Waals surface area contributed by atoms with E-state index in [1.165, 1.54) is 30.0 Å². The van der Waals surface area contributed by atoms with Crippen LogP contribution in [-0.4, -0.2) is 35.9 Å². The van der Waals surface area contributed by atoms with Crippen LogP contribution in [0.3, 0.4) is 0 Å². The number of sulfone groups is 1. The number of aromatic nitrogens is 2. The minimum atomic E-state index is -3.42. The van der Waals surface area contributed by atoms with E-state index in [4.69, 9.17) is 11.6 Å². The summed E-state index contributed by atoms with van der Waals surface area (Å²) >= 11 is 7.43. The number of carbonyl (C=O) groups is 1. The van der Waals surface area contributed by atoms with Crippen LogP contribution in [0.5, 0.6) is 0 Å². The van der Waals surface area contributed by atoms with E-state index in [2.05, 4.69) is 10.3 Å². The molecule has 9 heteroatoms. The van der Waals surface area contributed by atoms with Crippen LogP contribution in [0.1, 0.15) is 0 Å². The van der Waals surface area contributed by atoms with Gasteiger partial charge in [-0.25, -0.2) is 13.4 Å². The molecule has 4 aromatic rings. The third-order valence-electron chi connectivity index (χ3n) is 4.79. The van der Waals surface area contributed by atoms with Gasteiger partial charge in [0, 0.05) is 17.5 Å². The molecule has 0 spiro atoms. The van der Waals surface area contributed by atoms with E-state index >= 15 is 0 Å². The number of hydrogen-bond donors (Lipinski definition) is 1. The summed E-state index contributed by atoms with van der Waals surface area (Å²) in [6.07, 6.45) is 2.89. The molecule has 0 saturated heterocycles. The Labute approximate surface area is 201 Å². The highest BCUT2D eigenvalue weighted by Crippen LogP contribution is 2.30. The fraction of sp³-hybridized carbons (Fsp3) is 0.0833. The number of thioether (sulfide) groups is 1. The molecule has 0 unspecified atom stereocenters. The van der Waals surface area contributed by atoms with E-state index in [0.29, 0.717) is 5.16 Å². The maximum atomic E-state index is 12.6. The Morgan fingerprint density at radius 3 is 2.36 bits per heavy atom. The van der Waals surface area contributed by atoms with E-state index in [-0.39, 0.29) is 27.3 Å². The summed E-state index contributed by atoms with van der Waals surface area (Å²) in [5, 5.41) is 3.62. The van der Waals surface area contributed by atoms with Crippen molar-refractivity contribution in [2.24, 2.45) is 0 Å². The Hall–Kier alpha value is -3.07. The maximum Gasteiger partial charge on any atom is 0.234 e. The van der Waals surface area contributed by atoms with Gasteiger partial charge in [-0.1, -0.05) is 71.9 Å². The van der Waals surface area contributed by atoms with Crippen molar-refractivity contribution in [1.29, 1.82) is 0 Å². The van der Waals surface area contributed by atoms with Gasteiger partial charge in [-0.2, -0.15) is 0 Å². The van der Waals surface area contributed by atoms with Crippen LogP contribution in [0.15, 0.2) is 95.1 Å². The molecule has 1 amide bonds. The summed E-state index contributed by atoms with van der Waals surface area (Å²) in [7, 11) is -3.42. The predicted octanol–water partition coefficient (Wildman–Crippen LogP) is 5.33. The Balaban J connectivity index is 1.57. The third kappa shape index (κ3) is 5.47. The van der Waals surface area contributed by atoms with E-state index in [1.54, 1.807) is 6.20 Å². The summed E-state index contributed by atoms with van der Waals surface area (Å²) in [4.78, 5) is 17.3. The average Bonchev–Trinajstić information content (AvgIpc) is 3.23. The number of imidazole rings is 1. The second-order valence-electron chi connectivity index (χ2n) is 7.21. The third-order valence-corrected chi connectivity index (χ3v) is 7.18. The van der Waals surface area contributed by atoms with Crippen molar-refractivity contribution in [3.63, 3.8) is 0 Å². The zero-order valence-corrected chi connectivity index (χ0v) is 20.0. The molecule has 0 aliphatic carbocycles. The first-order valence-corrected chi connectivity index (χ1v) is 13.2. The molecule has 0 aliphatic heterocycles. The van der Waals surface area contributed by atoms with Gasteiger partial charge in [0.15, 0.2) is 15.0 Å². The van der Waals surface area contributed by atoms with Gasteiger partial charge in [0.2, 0.25) is 5.91 Å². The lowest BCUT2D eigenvalue weighted by molar-refractivity contribution is -0.113. The number of nitrogens with zero attached hydrogens (tertiary/aromatic N) is 2. The van der Waals surface area contributed by atoms with Gasteiger partial charge >= 0.3 is 0 Å². The Morgan fingerprint density at radius 2 is 1.70 bits per heavy atom. The summed E-state index contributed by atoms with van der Waals surface area (Å²) in [5.74, 6) is -0.256. The Morgan fingerprint density at radius 1 is 1.03 bits per heavy atom. The molecule has 0 fully saturated rings. The molecule has 1 N–H and O–H groups in total. The minimum absolute atomic E-state index is 0.0670. The SMILES string of the molecule is CS(=O)(=O)c1ccc(Cl)c(NC(=O)CSc2ncc(-c3ccccc3)n2-c2ccccc2)c1. The molecule has 1 aromatic heterocycles. The van der Waals surface area contributed by atoms with Crippen LogP contribution in [0.2, 0.25) is 5.02 Å². The first kappa shape index (κ1) is 23.1. The van der Waals surface area contributed by atoms with E-state index in [9.17, 15) is 13.2 Å². The van der Waals surface area contributed by atoms with E-state index in [0.717, 1.165) is 23.2 Å². The van der Waals surface area contributed by atoms with Crippen molar-refractivity contribution in [2.75, 3.05) is 17.3 Å². The monoisotopic (exact) mass is 497 g/mol. The molecule has 3 aromatic carbocycles. The summed E-state index contributed by atoms with van der Waals surface area (Å²) in [6, 6.07) is 23.9. The summed E-state index contributed by atoms with van der Waals surface area (Å²) in [6.45, 7) is 0.